The molecule has 0 aliphatic carbocycles. The van der Waals surface area contributed by atoms with E-state index in [4.69, 9.17) is 4.18 Å². The van der Waals surface area contributed by atoms with Crippen LogP contribution in [0.3, 0.4) is 0 Å². The standard InChI is InChI=1S/C22H36O5S2/c1-3-4-13-20(27-29(24,25)21-15-10-8-11-16-21)14-9-6-5-7-12-18-28-19-17-22(23)26-2/h8,10-11,15-16,20H,3-7,9,12-14,17-19H2,1-2H3. The van der Waals surface area contributed by atoms with Crippen LogP contribution in [0.5, 0.6) is 0 Å². The van der Waals surface area contributed by atoms with Crippen LogP contribution in [0, 0.1) is 0 Å². The number of unbranched alkanes of at least 4 members (excludes halogenated alkanes) is 5. The number of thioether (sulfide) groups is 1. The molecule has 1 aromatic carbocycles. The fourth-order valence-corrected chi connectivity index (χ4v) is 5.04. The van der Waals surface area contributed by atoms with Gasteiger partial charge in [0.15, 0.2) is 0 Å². The molecule has 0 heterocycles. The molecule has 0 radical (unpaired) electrons. The van der Waals surface area contributed by atoms with E-state index in [-0.39, 0.29) is 17.0 Å². The van der Waals surface area contributed by atoms with Crippen molar-refractivity contribution in [3.8, 4) is 0 Å². The van der Waals surface area contributed by atoms with Crippen molar-refractivity contribution in [2.75, 3.05) is 18.6 Å². The first-order valence-electron chi connectivity index (χ1n) is 10.6. The van der Waals surface area contributed by atoms with Crippen molar-refractivity contribution in [2.24, 2.45) is 0 Å². The van der Waals surface area contributed by atoms with Gasteiger partial charge < -0.3 is 4.74 Å². The molecule has 1 aromatic rings. The van der Waals surface area contributed by atoms with Gasteiger partial charge in [0.25, 0.3) is 10.1 Å². The molecule has 0 saturated heterocycles. The quantitative estimate of drug-likeness (QED) is 0.177. The number of hydrogen-bond acceptors (Lipinski definition) is 6. The van der Waals surface area contributed by atoms with E-state index in [2.05, 4.69) is 11.7 Å². The minimum Gasteiger partial charge on any atom is -0.469 e. The minimum absolute atomic E-state index is 0.147. The number of methoxy groups -OCH3 is 1. The molecule has 0 aliphatic heterocycles. The molecule has 166 valence electrons. The molecule has 7 heteroatoms. The van der Waals surface area contributed by atoms with E-state index < -0.39 is 10.1 Å². The number of carbonyl (C=O) groups is 1. The largest absolute Gasteiger partial charge is 0.469 e. The van der Waals surface area contributed by atoms with Crippen molar-refractivity contribution in [2.45, 2.75) is 82.1 Å². The Balaban J connectivity index is 2.23. The highest BCUT2D eigenvalue weighted by molar-refractivity contribution is 7.99. The van der Waals surface area contributed by atoms with E-state index in [1.54, 1.807) is 42.1 Å². The number of benzene rings is 1. The summed E-state index contributed by atoms with van der Waals surface area (Å²) in [5.41, 5.74) is 0. The Morgan fingerprint density at radius 2 is 1.62 bits per heavy atom. The lowest BCUT2D eigenvalue weighted by atomic mass is 10.0. The first-order valence-corrected chi connectivity index (χ1v) is 13.2. The van der Waals surface area contributed by atoms with Crippen LogP contribution in [0.1, 0.15) is 71.1 Å². The molecule has 0 saturated carbocycles. The molecule has 5 nitrogen and oxygen atoms in total. The summed E-state index contributed by atoms with van der Waals surface area (Å²) < 4.78 is 35.1. The molecule has 1 rings (SSSR count). The maximum atomic E-state index is 12.5. The van der Waals surface area contributed by atoms with Crippen LogP contribution in [0.2, 0.25) is 0 Å². The van der Waals surface area contributed by atoms with Gasteiger partial charge in [-0.05, 0) is 37.1 Å². The second kappa shape index (κ2) is 15.7. The Morgan fingerprint density at radius 3 is 2.31 bits per heavy atom. The van der Waals surface area contributed by atoms with Gasteiger partial charge in [-0.3, -0.25) is 8.98 Å². The van der Waals surface area contributed by atoms with Crippen LogP contribution in [0.25, 0.3) is 0 Å². The summed E-state index contributed by atoms with van der Waals surface area (Å²) in [4.78, 5) is 11.3. The van der Waals surface area contributed by atoms with Crippen molar-refractivity contribution >= 4 is 27.8 Å². The van der Waals surface area contributed by atoms with Gasteiger partial charge in [0.2, 0.25) is 0 Å². The summed E-state index contributed by atoms with van der Waals surface area (Å²) in [7, 11) is -2.28. The third-order valence-corrected chi connectivity index (χ3v) is 7.11. The van der Waals surface area contributed by atoms with Crippen LogP contribution < -0.4 is 0 Å². The fraction of sp³-hybridized carbons (Fsp3) is 0.682. The Hall–Kier alpha value is -1.05. The van der Waals surface area contributed by atoms with Crippen LogP contribution >= 0.6 is 11.8 Å². The van der Waals surface area contributed by atoms with E-state index in [0.717, 1.165) is 69.3 Å². The number of esters is 1. The van der Waals surface area contributed by atoms with Crippen molar-refractivity contribution in [1.29, 1.82) is 0 Å². The molecule has 1 atom stereocenters. The molecule has 0 spiro atoms. The molecular weight excluding hydrogens is 408 g/mol. The lowest BCUT2D eigenvalue weighted by Gasteiger charge is -2.17. The smallest absolute Gasteiger partial charge is 0.306 e. The SMILES string of the molecule is CCCCC(CCCCCCCSCCC(=O)OC)OS(=O)(=O)c1ccccc1. The second-order valence-corrected chi connectivity index (χ2v) is 9.92. The maximum Gasteiger partial charge on any atom is 0.306 e. The minimum atomic E-state index is -3.69. The molecular formula is C22H36O5S2. The van der Waals surface area contributed by atoms with Crippen molar-refractivity contribution in [1.82, 2.24) is 0 Å². The molecule has 0 fully saturated rings. The molecule has 0 aliphatic rings. The summed E-state index contributed by atoms with van der Waals surface area (Å²) in [6.07, 6.45) is 9.30. The molecule has 0 N–H and O–H groups in total. The van der Waals surface area contributed by atoms with Crippen LogP contribution in [-0.4, -0.2) is 39.1 Å². The third kappa shape index (κ3) is 12.3. The molecule has 0 aromatic heterocycles. The van der Waals surface area contributed by atoms with Gasteiger partial charge in [-0.25, -0.2) is 0 Å². The zero-order chi connectivity index (χ0) is 21.4. The maximum absolute atomic E-state index is 12.5. The van der Waals surface area contributed by atoms with E-state index in [1.165, 1.54) is 7.11 Å². The first kappa shape index (κ1) is 26.0. The van der Waals surface area contributed by atoms with Gasteiger partial charge in [0.05, 0.1) is 24.5 Å². The van der Waals surface area contributed by atoms with E-state index in [9.17, 15) is 13.2 Å². The zero-order valence-electron chi connectivity index (χ0n) is 17.8. The Labute approximate surface area is 181 Å². The van der Waals surface area contributed by atoms with Gasteiger partial charge in [-0.2, -0.15) is 20.2 Å². The molecule has 0 bridgehead atoms. The first-order chi connectivity index (χ1) is 14.0. The number of rotatable bonds is 17. The highest BCUT2D eigenvalue weighted by Gasteiger charge is 2.21. The third-order valence-electron chi connectivity index (χ3n) is 4.67. The molecule has 0 amide bonds. The highest BCUT2D eigenvalue weighted by Crippen LogP contribution is 2.21. The summed E-state index contributed by atoms with van der Waals surface area (Å²) in [6.45, 7) is 2.10. The molecule has 1 unspecified atom stereocenters. The average Bonchev–Trinajstić information content (AvgIpc) is 2.73. The van der Waals surface area contributed by atoms with Gasteiger partial charge in [0.1, 0.15) is 0 Å². The predicted octanol–water partition coefficient (Wildman–Crippen LogP) is 5.59. The van der Waals surface area contributed by atoms with Crippen LogP contribution in [0.4, 0.5) is 0 Å². The monoisotopic (exact) mass is 444 g/mol. The molecule has 29 heavy (non-hydrogen) atoms. The summed E-state index contributed by atoms with van der Waals surface area (Å²) in [5.74, 6) is 1.74. The van der Waals surface area contributed by atoms with Gasteiger partial charge in [-0.1, -0.05) is 63.6 Å². The summed E-state index contributed by atoms with van der Waals surface area (Å²) >= 11 is 1.79. The number of carbonyl (C=O) groups excluding carboxylic acids is 1. The second-order valence-electron chi connectivity index (χ2n) is 7.12. The van der Waals surface area contributed by atoms with Crippen molar-refractivity contribution < 1.29 is 22.1 Å². The summed E-state index contributed by atoms with van der Waals surface area (Å²) in [5, 5.41) is 0. The van der Waals surface area contributed by atoms with Gasteiger partial charge in [0, 0.05) is 5.75 Å². The van der Waals surface area contributed by atoms with Crippen LogP contribution in [0.15, 0.2) is 35.2 Å². The number of hydrogen-bond donors (Lipinski definition) is 0. The topological polar surface area (TPSA) is 69.7 Å². The summed E-state index contributed by atoms with van der Waals surface area (Å²) in [6, 6.07) is 8.38. The average molecular weight is 445 g/mol. The van der Waals surface area contributed by atoms with Crippen molar-refractivity contribution in [3.63, 3.8) is 0 Å². The lowest BCUT2D eigenvalue weighted by molar-refractivity contribution is -0.140. The lowest BCUT2D eigenvalue weighted by Crippen LogP contribution is -2.19. The van der Waals surface area contributed by atoms with E-state index >= 15 is 0 Å². The van der Waals surface area contributed by atoms with E-state index in [0.29, 0.717) is 6.42 Å². The number of ether oxygens (including phenoxy) is 1. The fourth-order valence-electron chi connectivity index (χ4n) is 2.96. The normalized spacial score (nSPS) is 12.6. The predicted molar refractivity (Wildman–Crippen MR) is 120 cm³/mol. The Bertz CT molecular complexity index is 646. The van der Waals surface area contributed by atoms with Crippen LogP contribution in [-0.2, 0) is 23.8 Å². The van der Waals surface area contributed by atoms with E-state index in [1.807, 2.05) is 0 Å². The highest BCUT2D eigenvalue weighted by atomic mass is 32.2. The van der Waals surface area contributed by atoms with Gasteiger partial charge >= 0.3 is 5.97 Å². The zero-order valence-corrected chi connectivity index (χ0v) is 19.4. The Morgan fingerprint density at radius 1 is 0.966 bits per heavy atom. The van der Waals surface area contributed by atoms with Gasteiger partial charge in [-0.15, -0.1) is 0 Å². The Kier molecular flexibility index (Phi) is 14.1. The van der Waals surface area contributed by atoms with Crippen molar-refractivity contribution in [3.05, 3.63) is 30.3 Å².